The molecule has 0 saturated carbocycles. The second-order valence-electron chi connectivity index (χ2n) is 3.46. The zero-order chi connectivity index (χ0) is 12.2. The number of carbonyl (C=O) groups excluding carboxylic acids is 1. The molecule has 90 valence electrons. The van der Waals surface area contributed by atoms with Gasteiger partial charge in [0, 0.05) is 25.4 Å². The average Bonchev–Trinajstić information content (AvgIpc) is 2.61. The van der Waals surface area contributed by atoms with Crippen molar-refractivity contribution < 1.29 is 18.0 Å². The van der Waals surface area contributed by atoms with E-state index in [2.05, 4.69) is 4.98 Å². The molecule has 1 aromatic rings. The van der Waals surface area contributed by atoms with E-state index in [1.54, 1.807) is 10.8 Å². The second-order valence-corrected chi connectivity index (χ2v) is 3.46. The Balaban J connectivity index is 2.46. The van der Waals surface area contributed by atoms with Gasteiger partial charge in [-0.25, -0.2) is 4.98 Å². The van der Waals surface area contributed by atoms with Crippen LogP contribution in [0.15, 0.2) is 12.4 Å². The number of ketones is 1. The maximum absolute atomic E-state index is 11.9. The molecular weight excluding hydrogens is 221 g/mol. The van der Waals surface area contributed by atoms with Crippen molar-refractivity contribution in [1.29, 1.82) is 0 Å². The summed E-state index contributed by atoms with van der Waals surface area (Å²) in [6.45, 7) is 2.53. The van der Waals surface area contributed by atoms with Crippen LogP contribution in [0.3, 0.4) is 0 Å². The van der Waals surface area contributed by atoms with Crippen LogP contribution in [-0.4, -0.2) is 21.5 Å². The van der Waals surface area contributed by atoms with Gasteiger partial charge in [-0.1, -0.05) is 0 Å². The third-order valence-electron chi connectivity index (χ3n) is 2.18. The number of alkyl halides is 3. The van der Waals surface area contributed by atoms with Gasteiger partial charge in [0.2, 0.25) is 0 Å². The molecule has 0 atom stereocenters. The molecule has 0 aromatic carbocycles. The fraction of sp³-hybridized carbons (Fsp3) is 0.600. The van der Waals surface area contributed by atoms with Gasteiger partial charge in [-0.05, 0) is 6.92 Å². The Hall–Kier alpha value is -1.33. The molecule has 0 fully saturated rings. The number of halogens is 3. The lowest BCUT2D eigenvalue weighted by Crippen LogP contribution is -2.14. The number of hydrogen-bond acceptors (Lipinski definition) is 2. The molecule has 0 aliphatic carbocycles. The van der Waals surface area contributed by atoms with Crippen LogP contribution in [0.2, 0.25) is 0 Å². The summed E-state index contributed by atoms with van der Waals surface area (Å²) in [7, 11) is 0. The van der Waals surface area contributed by atoms with Crippen molar-refractivity contribution in [2.75, 3.05) is 0 Å². The van der Waals surface area contributed by atoms with Crippen molar-refractivity contribution >= 4 is 5.78 Å². The van der Waals surface area contributed by atoms with Gasteiger partial charge in [0.05, 0.1) is 12.8 Å². The largest absolute Gasteiger partial charge is 0.389 e. The van der Waals surface area contributed by atoms with Crippen molar-refractivity contribution in [2.45, 2.75) is 38.9 Å². The molecule has 0 bridgehead atoms. The molecule has 1 rings (SSSR count). The first-order valence-corrected chi connectivity index (χ1v) is 5.01. The first-order valence-electron chi connectivity index (χ1n) is 5.01. The lowest BCUT2D eigenvalue weighted by Gasteiger charge is -2.06. The third-order valence-corrected chi connectivity index (χ3v) is 2.18. The molecule has 1 heterocycles. The number of rotatable bonds is 5. The van der Waals surface area contributed by atoms with Gasteiger partial charge in [0.25, 0.3) is 0 Å². The number of carbonyl (C=O) groups is 1. The summed E-state index contributed by atoms with van der Waals surface area (Å²) in [5, 5.41) is 0. The SMILES string of the molecule is CCn1ccnc1CC(=O)CCC(F)(F)F. The molecule has 0 N–H and O–H groups in total. The van der Waals surface area contributed by atoms with E-state index < -0.39 is 24.8 Å². The van der Waals surface area contributed by atoms with Gasteiger partial charge >= 0.3 is 6.18 Å². The van der Waals surface area contributed by atoms with Crippen molar-refractivity contribution in [3.8, 4) is 0 Å². The fourth-order valence-electron chi connectivity index (χ4n) is 1.34. The number of nitrogens with zero attached hydrogens (tertiary/aromatic N) is 2. The maximum Gasteiger partial charge on any atom is 0.389 e. The predicted molar refractivity (Wildman–Crippen MR) is 51.9 cm³/mol. The van der Waals surface area contributed by atoms with Crippen molar-refractivity contribution in [3.05, 3.63) is 18.2 Å². The highest BCUT2D eigenvalue weighted by atomic mass is 19.4. The van der Waals surface area contributed by atoms with Crippen LogP contribution in [0, 0.1) is 0 Å². The number of Topliss-reactive ketones (excluding diaryl/α,β-unsaturated/α-hetero) is 1. The maximum atomic E-state index is 11.9. The Morgan fingerprint density at radius 3 is 2.75 bits per heavy atom. The fourth-order valence-corrected chi connectivity index (χ4v) is 1.34. The van der Waals surface area contributed by atoms with Crippen molar-refractivity contribution in [1.82, 2.24) is 9.55 Å². The predicted octanol–water partition coefficient (Wildman–Crippen LogP) is 2.36. The molecule has 0 saturated heterocycles. The van der Waals surface area contributed by atoms with Crippen LogP contribution >= 0.6 is 0 Å². The summed E-state index contributed by atoms with van der Waals surface area (Å²) in [5.74, 6) is 0.0906. The summed E-state index contributed by atoms with van der Waals surface area (Å²) in [4.78, 5) is 15.2. The van der Waals surface area contributed by atoms with E-state index in [-0.39, 0.29) is 6.42 Å². The van der Waals surface area contributed by atoms with Crippen LogP contribution < -0.4 is 0 Å². The highest BCUT2D eigenvalue weighted by Crippen LogP contribution is 2.21. The second kappa shape index (κ2) is 5.14. The van der Waals surface area contributed by atoms with Gasteiger partial charge in [0.15, 0.2) is 0 Å². The van der Waals surface area contributed by atoms with Crippen LogP contribution in [0.5, 0.6) is 0 Å². The number of imidazole rings is 1. The molecule has 16 heavy (non-hydrogen) atoms. The molecule has 0 aliphatic heterocycles. The van der Waals surface area contributed by atoms with Gasteiger partial charge in [-0.15, -0.1) is 0 Å². The summed E-state index contributed by atoms with van der Waals surface area (Å²) in [6.07, 6.45) is -2.59. The van der Waals surface area contributed by atoms with Crippen molar-refractivity contribution in [2.24, 2.45) is 0 Å². The molecule has 6 heteroatoms. The quantitative estimate of drug-likeness (QED) is 0.783. The lowest BCUT2D eigenvalue weighted by molar-refractivity contribution is -0.143. The molecule has 0 spiro atoms. The van der Waals surface area contributed by atoms with Gasteiger partial charge in [-0.2, -0.15) is 13.2 Å². The summed E-state index contributed by atoms with van der Waals surface area (Å²) < 4.78 is 37.3. The Kier molecular flexibility index (Phi) is 4.09. The third kappa shape index (κ3) is 4.04. The standard InChI is InChI=1S/C10H13F3N2O/c1-2-15-6-5-14-9(15)7-8(16)3-4-10(11,12)13/h5-6H,2-4,7H2,1H3. The zero-order valence-corrected chi connectivity index (χ0v) is 8.92. The molecule has 0 radical (unpaired) electrons. The van der Waals surface area contributed by atoms with E-state index in [4.69, 9.17) is 0 Å². The van der Waals surface area contributed by atoms with Crippen LogP contribution in [0.4, 0.5) is 13.2 Å². The average molecular weight is 234 g/mol. The summed E-state index contributed by atoms with van der Waals surface area (Å²) in [5.41, 5.74) is 0. The van der Waals surface area contributed by atoms with E-state index in [0.717, 1.165) is 0 Å². The molecule has 0 aliphatic rings. The number of aryl methyl sites for hydroxylation is 1. The monoisotopic (exact) mass is 234 g/mol. The Morgan fingerprint density at radius 1 is 1.50 bits per heavy atom. The summed E-state index contributed by atoms with van der Waals surface area (Å²) >= 11 is 0. The van der Waals surface area contributed by atoms with Gasteiger partial charge < -0.3 is 4.57 Å². The van der Waals surface area contributed by atoms with E-state index in [0.29, 0.717) is 12.4 Å². The normalized spacial score (nSPS) is 11.8. The van der Waals surface area contributed by atoms with E-state index in [1.165, 1.54) is 6.20 Å². The highest BCUT2D eigenvalue weighted by Gasteiger charge is 2.27. The minimum Gasteiger partial charge on any atom is -0.335 e. The first-order chi connectivity index (χ1) is 7.42. The topological polar surface area (TPSA) is 34.9 Å². The molecule has 1 aromatic heterocycles. The number of aromatic nitrogens is 2. The van der Waals surface area contributed by atoms with Gasteiger partial charge in [-0.3, -0.25) is 4.79 Å². The molecule has 0 amide bonds. The van der Waals surface area contributed by atoms with Crippen molar-refractivity contribution in [3.63, 3.8) is 0 Å². The van der Waals surface area contributed by atoms with Gasteiger partial charge in [0.1, 0.15) is 11.6 Å². The Morgan fingerprint density at radius 2 is 2.19 bits per heavy atom. The number of hydrogen-bond donors (Lipinski definition) is 0. The Labute approximate surface area is 91.3 Å². The van der Waals surface area contributed by atoms with E-state index in [1.807, 2.05) is 6.92 Å². The smallest absolute Gasteiger partial charge is 0.335 e. The first kappa shape index (κ1) is 12.7. The summed E-state index contributed by atoms with van der Waals surface area (Å²) in [6, 6.07) is 0. The lowest BCUT2D eigenvalue weighted by atomic mass is 10.1. The van der Waals surface area contributed by atoms with Crippen LogP contribution in [0.1, 0.15) is 25.6 Å². The van der Waals surface area contributed by atoms with E-state index in [9.17, 15) is 18.0 Å². The minimum absolute atomic E-state index is 0.0308. The van der Waals surface area contributed by atoms with Crippen LogP contribution in [0.25, 0.3) is 0 Å². The molecule has 3 nitrogen and oxygen atoms in total. The molecular formula is C10H13F3N2O. The minimum atomic E-state index is -4.27. The Bertz CT molecular complexity index is 357. The van der Waals surface area contributed by atoms with E-state index >= 15 is 0 Å². The van der Waals surface area contributed by atoms with Crippen LogP contribution in [-0.2, 0) is 17.8 Å². The zero-order valence-electron chi connectivity index (χ0n) is 8.92. The molecule has 0 unspecified atom stereocenters. The highest BCUT2D eigenvalue weighted by molar-refractivity contribution is 5.80.